The third kappa shape index (κ3) is 3.24. The van der Waals surface area contributed by atoms with Crippen molar-refractivity contribution >= 4 is 17.0 Å². The largest absolute Gasteiger partial charge is 0.459 e. The molecule has 3 aromatic rings. The zero-order chi connectivity index (χ0) is 17.2. The standard InChI is InChI=1S/C19H18N2O4/c1-12(17-9-14-4-2-3-5-15(14)25-17)21-19(22)20-10-13-6-7-16-18(8-13)24-11-23-16/h2-9,12H,10-11H2,1H3,(H2,20,21,22). The van der Waals surface area contributed by atoms with E-state index in [1.54, 1.807) is 0 Å². The Morgan fingerprint density at radius 1 is 1.12 bits per heavy atom. The van der Waals surface area contributed by atoms with E-state index in [0.29, 0.717) is 12.3 Å². The van der Waals surface area contributed by atoms with Crippen LogP contribution in [-0.4, -0.2) is 12.8 Å². The van der Waals surface area contributed by atoms with Crippen molar-refractivity contribution in [2.75, 3.05) is 6.79 Å². The summed E-state index contributed by atoms with van der Waals surface area (Å²) >= 11 is 0. The predicted octanol–water partition coefficient (Wildman–Crippen LogP) is 3.72. The summed E-state index contributed by atoms with van der Waals surface area (Å²) in [6.45, 7) is 2.52. The second kappa shape index (κ2) is 6.39. The maximum atomic E-state index is 12.1. The number of amides is 2. The molecule has 0 spiro atoms. The van der Waals surface area contributed by atoms with E-state index in [1.807, 2.05) is 55.5 Å². The van der Waals surface area contributed by atoms with Gasteiger partial charge < -0.3 is 24.5 Å². The smallest absolute Gasteiger partial charge is 0.315 e. The number of carbonyl (C=O) groups is 1. The van der Waals surface area contributed by atoms with Crippen LogP contribution in [0.15, 0.2) is 52.9 Å². The molecule has 0 saturated carbocycles. The van der Waals surface area contributed by atoms with E-state index in [9.17, 15) is 4.79 Å². The topological polar surface area (TPSA) is 72.7 Å². The molecule has 2 amide bonds. The summed E-state index contributed by atoms with van der Waals surface area (Å²) in [6.07, 6.45) is 0. The third-order valence-electron chi connectivity index (χ3n) is 4.11. The summed E-state index contributed by atoms with van der Waals surface area (Å²) < 4.78 is 16.4. The van der Waals surface area contributed by atoms with Crippen LogP contribution in [0.5, 0.6) is 11.5 Å². The highest BCUT2D eigenvalue weighted by atomic mass is 16.7. The molecule has 0 saturated heterocycles. The van der Waals surface area contributed by atoms with Crippen LogP contribution in [0.1, 0.15) is 24.3 Å². The normalized spacial score (nSPS) is 13.6. The van der Waals surface area contributed by atoms with Gasteiger partial charge in [0.05, 0.1) is 6.04 Å². The Bertz CT molecular complexity index is 886. The summed E-state index contributed by atoms with van der Waals surface area (Å²) in [7, 11) is 0. The molecule has 0 aliphatic carbocycles. The number of benzene rings is 2. The number of hydrogen-bond acceptors (Lipinski definition) is 4. The summed E-state index contributed by atoms with van der Waals surface area (Å²) in [5, 5.41) is 6.74. The molecule has 2 heterocycles. The van der Waals surface area contributed by atoms with Crippen molar-refractivity contribution in [3.63, 3.8) is 0 Å². The van der Waals surface area contributed by atoms with Gasteiger partial charge in [0, 0.05) is 11.9 Å². The molecule has 0 bridgehead atoms. The summed E-state index contributed by atoms with van der Waals surface area (Å²) in [4.78, 5) is 12.1. The lowest BCUT2D eigenvalue weighted by Crippen LogP contribution is -2.36. The number of nitrogens with one attached hydrogen (secondary N) is 2. The van der Waals surface area contributed by atoms with Crippen LogP contribution in [0, 0.1) is 0 Å². The lowest BCUT2D eigenvalue weighted by atomic mass is 10.2. The molecule has 128 valence electrons. The van der Waals surface area contributed by atoms with Crippen LogP contribution in [0.4, 0.5) is 4.79 Å². The molecule has 0 radical (unpaired) electrons. The molecule has 1 aromatic heterocycles. The van der Waals surface area contributed by atoms with Gasteiger partial charge in [0.15, 0.2) is 11.5 Å². The van der Waals surface area contributed by atoms with Crippen LogP contribution in [0.25, 0.3) is 11.0 Å². The average molecular weight is 338 g/mol. The number of furan rings is 1. The van der Waals surface area contributed by atoms with E-state index < -0.39 is 0 Å². The molecule has 1 unspecified atom stereocenters. The van der Waals surface area contributed by atoms with Crippen LogP contribution in [0.2, 0.25) is 0 Å². The summed E-state index contributed by atoms with van der Waals surface area (Å²) in [5.74, 6) is 2.15. The van der Waals surface area contributed by atoms with Crippen molar-refractivity contribution in [2.24, 2.45) is 0 Å². The first-order valence-corrected chi connectivity index (χ1v) is 8.10. The Balaban J connectivity index is 1.35. The minimum atomic E-state index is -0.259. The first-order valence-electron chi connectivity index (χ1n) is 8.10. The molecule has 1 aliphatic rings. The van der Waals surface area contributed by atoms with Gasteiger partial charge in [-0.05, 0) is 36.8 Å². The van der Waals surface area contributed by atoms with Crippen molar-refractivity contribution in [3.05, 3.63) is 59.9 Å². The quantitative estimate of drug-likeness (QED) is 0.760. The number of carbonyl (C=O) groups excluding carboxylic acids is 1. The van der Waals surface area contributed by atoms with Gasteiger partial charge in [-0.15, -0.1) is 0 Å². The van der Waals surface area contributed by atoms with Gasteiger partial charge in [-0.1, -0.05) is 24.3 Å². The van der Waals surface area contributed by atoms with Crippen molar-refractivity contribution < 1.29 is 18.7 Å². The Hall–Kier alpha value is -3.15. The maximum Gasteiger partial charge on any atom is 0.315 e. The molecule has 1 aliphatic heterocycles. The van der Waals surface area contributed by atoms with Crippen molar-refractivity contribution in [1.82, 2.24) is 10.6 Å². The van der Waals surface area contributed by atoms with Crippen molar-refractivity contribution in [3.8, 4) is 11.5 Å². The lowest BCUT2D eigenvalue weighted by Gasteiger charge is -2.12. The molecule has 2 aromatic carbocycles. The summed E-state index contributed by atoms with van der Waals surface area (Å²) in [5.41, 5.74) is 1.75. The molecular weight excluding hydrogens is 320 g/mol. The van der Waals surface area contributed by atoms with Gasteiger partial charge in [-0.3, -0.25) is 0 Å². The number of para-hydroxylation sites is 1. The maximum absolute atomic E-state index is 12.1. The van der Waals surface area contributed by atoms with Crippen LogP contribution < -0.4 is 20.1 Å². The summed E-state index contributed by atoms with van der Waals surface area (Å²) in [6, 6.07) is 14.8. The van der Waals surface area contributed by atoms with E-state index in [4.69, 9.17) is 13.9 Å². The molecule has 1 atom stereocenters. The van der Waals surface area contributed by atoms with E-state index in [1.165, 1.54) is 0 Å². The molecule has 0 fully saturated rings. The Kier molecular flexibility index (Phi) is 3.93. The fourth-order valence-electron chi connectivity index (χ4n) is 2.77. The van der Waals surface area contributed by atoms with E-state index >= 15 is 0 Å². The van der Waals surface area contributed by atoms with Gasteiger partial charge in [0.25, 0.3) is 0 Å². The highest BCUT2D eigenvalue weighted by Crippen LogP contribution is 2.32. The first kappa shape index (κ1) is 15.4. The minimum absolute atomic E-state index is 0.232. The van der Waals surface area contributed by atoms with Gasteiger partial charge in [-0.2, -0.15) is 0 Å². The molecule has 25 heavy (non-hydrogen) atoms. The molecule has 4 rings (SSSR count). The van der Waals surface area contributed by atoms with E-state index in [2.05, 4.69) is 10.6 Å². The highest BCUT2D eigenvalue weighted by molar-refractivity contribution is 5.78. The van der Waals surface area contributed by atoms with Crippen LogP contribution >= 0.6 is 0 Å². The van der Waals surface area contributed by atoms with Gasteiger partial charge >= 0.3 is 6.03 Å². The second-order valence-electron chi connectivity index (χ2n) is 5.92. The molecule has 6 nitrogen and oxygen atoms in total. The van der Waals surface area contributed by atoms with E-state index in [-0.39, 0.29) is 18.9 Å². The van der Waals surface area contributed by atoms with Crippen molar-refractivity contribution in [2.45, 2.75) is 19.5 Å². The fraction of sp³-hybridized carbons (Fsp3) is 0.211. The number of rotatable bonds is 4. The molecule has 6 heteroatoms. The third-order valence-corrected chi connectivity index (χ3v) is 4.11. The van der Waals surface area contributed by atoms with Crippen LogP contribution in [0.3, 0.4) is 0 Å². The number of urea groups is 1. The second-order valence-corrected chi connectivity index (χ2v) is 5.92. The number of ether oxygens (including phenoxy) is 2. The highest BCUT2D eigenvalue weighted by Gasteiger charge is 2.15. The van der Waals surface area contributed by atoms with Gasteiger partial charge in [0.1, 0.15) is 11.3 Å². The number of hydrogen-bond donors (Lipinski definition) is 2. The van der Waals surface area contributed by atoms with Gasteiger partial charge in [-0.25, -0.2) is 4.79 Å². The monoisotopic (exact) mass is 338 g/mol. The Morgan fingerprint density at radius 2 is 1.96 bits per heavy atom. The molecule has 2 N–H and O–H groups in total. The fourth-order valence-corrected chi connectivity index (χ4v) is 2.77. The Morgan fingerprint density at radius 3 is 2.84 bits per heavy atom. The lowest BCUT2D eigenvalue weighted by molar-refractivity contribution is 0.174. The SMILES string of the molecule is CC(NC(=O)NCc1ccc2c(c1)OCO2)c1cc2ccccc2o1. The number of fused-ring (bicyclic) bond motifs is 2. The molecular formula is C19H18N2O4. The first-order chi connectivity index (χ1) is 12.2. The van der Waals surface area contributed by atoms with Crippen LogP contribution in [-0.2, 0) is 6.54 Å². The average Bonchev–Trinajstić information content (AvgIpc) is 3.25. The predicted molar refractivity (Wildman–Crippen MR) is 92.6 cm³/mol. The van der Waals surface area contributed by atoms with Gasteiger partial charge in [0.2, 0.25) is 6.79 Å². The van der Waals surface area contributed by atoms with Crippen molar-refractivity contribution in [1.29, 1.82) is 0 Å². The Labute approximate surface area is 144 Å². The zero-order valence-corrected chi connectivity index (χ0v) is 13.7. The van der Waals surface area contributed by atoms with E-state index in [0.717, 1.165) is 28.0 Å². The zero-order valence-electron chi connectivity index (χ0n) is 13.7. The minimum Gasteiger partial charge on any atom is -0.459 e.